The Morgan fingerprint density at radius 1 is 1.50 bits per heavy atom. The molecule has 1 amide bonds. The Morgan fingerprint density at radius 3 is 2.69 bits per heavy atom. The monoisotopic (exact) mass is 222 g/mol. The lowest BCUT2D eigenvalue weighted by atomic mass is 10.1. The van der Waals surface area contributed by atoms with E-state index in [0.717, 1.165) is 5.69 Å². The summed E-state index contributed by atoms with van der Waals surface area (Å²) in [5.74, 6) is -0.175. The van der Waals surface area contributed by atoms with Gasteiger partial charge in [0.25, 0.3) is 5.91 Å². The first-order chi connectivity index (χ1) is 7.58. The van der Waals surface area contributed by atoms with E-state index < -0.39 is 0 Å². The lowest BCUT2D eigenvalue weighted by molar-refractivity contribution is 0.0914. The lowest BCUT2D eigenvalue weighted by Gasteiger charge is -2.14. The fraction of sp³-hybridized carbons (Fsp3) is 0.500. The minimum absolute atomic E-state index is 0.0411. The molecule has 16 heavy (non-hydrogen) atoms. The van der Waals surface area contributed by atoms with Crippen molar-refractivity contribution in [2.75, 3.05) is 6.61 Å². The molecule has 0 bridgehead atoms. The van der Waals surface area contributed by atoms with Gasteiger partial charge < -0.3 is 10.4 Å². The van der Waals surface area contributed by atoms with Crippen molar-refractivity contribution in [3.8, 4) is 0 Å². The normalized spacial score (nSPS) is 12.2. The predicted octanol–water partition coefficient (Wildman–Crippen LogP) is 1.20. The number of carbonyl (C=O) groups excluding carboxylic acids is 1. The molecule has 0 fully saturated rings. The summed E-state index contributed by atoms with van der Waals surface area (Å²) in [6.45, 7) is 5.57. The largest absolute Gasteiger partial charge is 0.394 e. The molecular formula is C12H18N2O2. The van der Waals surface area contributed by atoms with Gasteiger partial charge in [0.05, 0.1) is 23.9 Å². The minimum Gasteiger partial charge on any atom is -0.394 e. The number of amides is 1. The van der Waals surface area contributed by atoms with E-state index in [0.29, 0.717) is 17.7 Å². The van der Waals surface area contributed by atoms with Crippen LogP contribution in [0.15, 0.2) is 12.1 Å². The average molecular weight is 222 g/mol. The molecule has 0 unspecified atom stereocenters. The molecule has 0 aliphatic rings. The maximum atomic E-state index is 11.8. The number of carbonyl (C=O) groups is 1. The fourth-order valence-corrected chi connectivity index (χ4v) is 1.47. The van der Waals surface area contributed by atoms with Crippen molar-refractivity contribution in [1.82, 2.24) is 10.3 Å². The van der Waals surface area contributed by atoms with Crippen LogP contribution in [0.4, 0.5) is 0 Å². The Balaban J connectivity index is 2.80. The number of aliphatic hydroxyl groups is 1. The number of hydrogen-bond acceptors (Lipinski definition) is 3. The van der Waals surface area contributed by atoms with Crippen LogP contribution in [0.3, 0.4) is 0 Å². The summed E-state index contributed by atoms with van der Waals surface area (Å²) in [5, 5.41) is 11.8. The van der Waals surface area contributed by atoms with Gasteiger partial charge in [-0.1, -0.05) is 6.92 Å². The van der Waals surface area contributed by atoms with Crippen molar-refractivity contribution < 1.29 is 9.90 Å². The highest BCUT2D eigenvalue weighted by Gasteiger charge is 2.13. The number of aromatic nitrogens is 1. The van der Waals surface area contributed by atoms with Gasteiger partial charge in [0.15, 0.2) is 0 Å². The number of aryl methyl sites for hydroxylation is 2. The summed E-state index contributed by atoms with van der Waals surface area (Å²) in [4.78, 5) is 16.1. The minimum atomic E-state index is -0.187. The highest BCUT2D eigenvalue weighted by Crippen LogP contribution is 2.07. The van der Waals surface area contributed by atoms with Crippen LogP contribution in [-0.4, -0.2) is 28.6 Å². The Bertz CT molecular complexity index is 373. The first kappa shape index (κ1) is 12.6. The van der Waals surface area contributed by atoms with Crippen molar-refractivity contribution in [3.63, 3.8) is 0 Å². The van der Waals surface area contributed by atoms with Crippen LogP contribution < -0.4 is 5.32 Å². The van der Waals surface area contributed by atoms with Gasteiger partial charge in [0.1, 0.15) is 0 Å². The second-order valence-corrected chi connectivity index (χ2v) is 3.85. The Kier molecular flexibility index (Phi) is 4.43. The van der Waals surface area contributed by atoms with Gasteiger partial charge in [-0.3, -0.25) is 9.78 Å². The molecule has 0 aliphatic carbocycles. The molecule has 88 valence electrons. The summed E-state index contributed by atoms with van der Waals surface area (Å²) >= 11 is 0. The summed E-state index contributed by atoms with van der Waals surface area (Å²) in [7, 11) is 0. The molecule has 4 nitrogen and oxygen atoms in total. The van der Waals surface area contributed by atoms with Crippen LogP contribution in [0, 0.1) is 13.8 Å². The van der Waals surface area contributed by atoms with Crippen molar-refractivity contribution in [1.29, 1.82) is 0 Å². The summed E-state index contributed by atoms with van der Waals surface area (Å²) in [6.07, 6.45) is 0.709. The topological polar surface area (TPSA) is 62.2 Å². The van der Waals surface area contributed by atoms with E-state index in [2.05, 4.69) is 10.3 Å². The standard InChI is InChI=1S/C12H18N2O2/c1-4-10(7-15)14-12(16)11-6-5-8(2)13-9(11)3/h5-6,10,15H,4,7H2,1-3H3,(H,14,16)/t10-/m0/s1. The van der Waals surface area contributed by atoms with Gasteiger partial charge in [-0.25, -0.2) is 0 Å². The van der Waals surface area contributed by atoms with E-state index in [4.69, 9.17) is 5.11 Å². The van der Waals surface area contributed by atoms with Gasteiger partial charge in [-0.2, -0.15) is 0 Å². The van der Waals surface area contributed by atoms with Gasteiger partial charge in [-0.05, 0) is 32.4 Å². The molecule has 1 atom stereocenters. The van der Waals surface area contributed by atoms with Crippen LogP contribution in [0.25, 0.3) is 0 Å². The quantitative estimate of drug-likeness (QED) is 0.804. The number of nitrogens with zero attached hydrogens (tertiary/aromatic N) is 1. The zero-order valence-corrected chi connectivity index (χ0v) is 9.95. The van der Waals surface area contributed by atoms with Crippen LogP contribution >= 0.6 is 0 Å². The van der Waals surface area contributed by atoms with E-state index in [1.54, 1.807) is 6.07 Å². The molecule has 2 N–H and O–H groups in total. The first-order valence-electron chi connectivity index (χ1n) is 5.44. The van der Waals surface area contributed by atoms with E-state index in [9.17, 15) is 4.79 Å². The highest BCUT2D eigenvalue weighted by atomic mass is 16.3. The smallest absolute Gasteiger partial charge is 0.253 e. The molecule has 0 aliphatic heterocycles. The SMILES string of the molecule is CC[C@@H](CO)NC(=O)c1ccc(C)nc1C. The number of pyridine rings is 1. The molecule has 4 heteroatoms. The van der Waals surface area contributed by atoms with Gasteiger partial charge in [0.2, 0.25) is 0 Å². The second-order valence-electron chi connectivity index (χ2n) is 3.85. The third-order valence-electron chi connectivity index (χ3n) is 2.52. The Hall–Kier alpha value is -1.42. The molecule has 1 rings (SSSR count). The predicted molar refractivity (Wildman–Crippen MR) is 62.3 cm³/mol. The Morgan fingerprint density at radius 2 is 2.19 bits per heavy atom. The molecule has 1 aromatic rings. The van der Waals surface area contributed by atoms with Crippen molar-refractivity contribution in [2.45, 2.75) is 33.2 Å². The van der Waals surface area contributed by atoms with Gasteiger partial charge in [0, 0.05) is 5.69 Å². The second kappa shape index (κ2) is 5.61. The molecule has 0 saturated carbocycles. The zero-order chi connectivity index (χ0) is 12.1. The summed E-state index contributed by atoms with van der Waals surface area (Å²) in [5.41, 5.74) is 2.17. The third-order valence-corrected chi connectivity index (χ3v) is 2.52. The highest BCUT2D eigenvalue weighted by molar-refractivity contribution is 5.95. The van der Waals surface area contributed by atoms with E-state index in [1.165, 1.54) is 0 Å². The lowest BCUT2D eigenvalue weighted by Crippen LogP contribution is -2.37. The van der Waals surface area contributed by atoms with Crippen LogP contribution in [0.2, 0.25) is 0 Å². The van der Waals surface area contributed by atoms with Gasteiger partial charge >= 0.3 is 0 Å². The van der Waals surface area contributed by atoms with Crippen molar-refractivity contribution >= 4 is 5.91 Å². The number of rotatable bonds is 4. The van der Waals surface area contributed by atoms with Gasteiger partial charge in [-0.15, -0.1) is 0 Å². The third kappa shape index (κ3) is 3.03. The molecule has 0 saturated heterocycles. The molecule has 0 radical (unpaired) electrons. The maximum absolute atomic E-state index is 11.8. The number of hydrogen-bond donors (Lipinski definition) is 2. The summed E-state index contributed by atoms with van der Waals surface area (Å²) < 4.78 is 0. The zero-order valence-electron chi connectivity index (χ0n) is 9.95. The Labute approximate surface area is 95.7 Å². The first-order valence-corrected chi connectivity index (χ1v) is 5.44. The molecular weight excluding hydrogens is 204 g/mol. The molecule has 0 spiro atoms. The molecule has 1 aromatic heterocycles. The number of aliphatic hydroxyl groups excluding tert-OH is 1. The molecule has 0 aromatic carbocycles. The molecule has 1 heterocycles. The maximum Gasteiger partial charge on any atom is 0.253 e. The summed E-state index contributed by atoms with van der Waals surface area (Å²) in [6, 6.07) is 3.38. The van der Waals surface area contributed by atoms with E-state index in [-0.39, 0.29) is 18.6 Å². The van der Waals surface area contributed by atoms with Crippen LogP contribution in [0.1, 0.15) is 35.1 Å². The van der Waals surface area contributed by atoms with Crippen LogP contribution in [0.5, 0.6) is 0 Å². The van der Waals surface area contributed by atoms with E-state index >= 15 is 0 Å². The van der Waals surface area contributed by atoms with Crippen molar-refractivity contribution in [3.05, 3.63) is 29.1 Å². The van der Waals surface area contributed by atoms with Crippen LogP contribution in [-0.2, 0) is 0 Å². The number of nitrogens with one attached hydrogen (secondary N) is 1. The van der Waals surface area contributed by atoms with Crippen molar-refractivity contribution in [2.24, 2.45) is 0 Å². The van der Waals surface area contributed by atoms with E-state index in [1.807, 2.05) is 26.8 Å². The fourth-order valence-electron chi connectivity index (χ4n) is 1.47. The average Bonchev–Trinajstić information content (AvgIpc) is 2.25.